The van der Waals surface area contributed by atoms with Crippen LogP contribution in [-0.2, 0) is 6.42 Å². The molecule has 1 atom stereocenters. The third-order valence-corrected chi connectivity index (χ3v) is 2.73. The third-order valence-electron chi connectivity index (χ3n) is 2.73. The van der Waals surface area contributed by atoms with E-state index in [-0.39, 0.29) is 11.5 Å². The molecular weight excluding hydrogens is 186 g/mol. The fourth-order valence-corrected chi connectivity index (χ4v) is 1.31. The Hall–Kier alpha value is -0.830. The van der Waals surface area contributed by atoms with Crippen LogP contribution < -0.4 is 5.73 Å². The molecule has 0 radical (unpaired) electrons. The number of hydrogen-bond acceptors (Lipinski definition) is 2. The molecule has 1 aromatic rings. The van der Waals surface area contributed by atoms with Crippen LogP contribution in [0.25, 0.3) is 0 Å². The lowest BCUT2D eigenvalue weighted by atomic mass is 9.85. The predicted molar refractivity (Wildman–Crippen MR) is 63.7 cm³/mol. The molecule has 0 aliphatic carbocycles. The van der Waals surface area contributed by atoms with Crippen molar-refractivity contribution in [2.45, 2.75) is 53.1 Å². The van der Waals surface area contributed by atoms with Crippen molar-refractivity contribution in [2.75, 3.05) is 0 Å². The normalized spacial score (nSPS) is 14.6. The molecule has 0 saturated heterocycles. The van der Waals surface area contributed by atoms with E-state index in [0.717, 1.165) is 12.1 Å². The summed E-state index contributed by atoms with van der Waals surface area (Å²) in [5.74, 6) is 0. The van der Waals surface area contributed by atoms with Crippen molar-refractivity contribution in [3.63, 3.8) is 0 Å². The average Bonchev–Trinajstić information content (AvgIpc) is 2.50. The maximum Gasteiger partial charge on any atom is 0.0640 e. The SMILES string of the molecule is CC(C)n1ccc(CC(N)C(C)(C)C)n1. The van der Waals surface area contributed by atoms with E-state index < -0.39 is 0 Å². The number of hydrogen-bond donors (Lipinski definition) is 1. The molecule has 0 spiro atoms. The molecule has 15 heavy (non-hydrogen) atoms. The molecule has 0 bridgehead atoms. The highest BCUT2D eigenvalue weighted by molar-refractivity contribution is 5.03. The minimum Gasteiger partial charge on any atom is -0.327 e. The minimum absolute atomic E-state index is 0.140. The van der Waals surface area contributed by atoms with Crippen LogP contribution in [-0.4, -0.2) is 15.8 Å². The lowest BCUT2D eigenvalue weighted by Gasteiger charge is -2.26. The molecule has 1 rings (SSSR count). The Morgan fingerprint density at radius 3 is 2.40 bits per heavy atom. The van der Waals surface area contributed by atoms with Crippen molar-refractivity contribution in [1.29, 1.82) is 0 Å². The highest BCUT2D eigenvalue weighted by Gasteiger charge is 2.21. The van der Waals surface area contributed by atoms with E-state index in [4.69, 9.17) is 5.73 Å². The topological polar surface area (TPSA) is 43.8 Å². The summed E-state index contributed by atoms with van der Waals surface area (Å²) in [6.07, 6.45) is 2.87. The fourth-order valence-electron chi connectivity index (χ4n) is 1.31. The zero-order chi connectivity index (χ0) is 11.6. The standard InChI is InChI=1S/C12H23N3/c1-9(2)15-7-6-10(14-15)8-11(13)12(3,4)5/h6-7,9,11H,8,13H2,1-5H3. The summed E-state index contributed by atoms with van der Waals surface area (Å²) in [6, 6.07) is 2.64. The molecule has 0 aliphatic heterocycles. The molecule has 3 nitrogen and oxygen atoms in total. The van der Waals surface area contributed by atoms with E-state index in [0.29, 0.717) is 6.04 Å². The van der Waals surface area contributed by atoms with Crippen LogP contribution in [0.5, 0.6) is 0 Å². The molecule has 0 amide bonds. The van der Waals surface area contributed by atoms with Gasteiger partial charge < -0.3 is 5.73 Å². The van der Waals surface area contributed by atoms with Crippen molar-refractivity contribution in [3.8, 4) is 0 Å². The number of nitrogens with zero attached hydrogens (tertiary/aromatic N) is 2. The van der Waals surface area contributed by atoms with Gasteiger partial charge in [-0.05, 0) is 25.3 Å². The Bertz CT molecular complexity index is 307. The summed E-state index contributed by atoms with van der Waals surface area (Å²) >= 11 is 0. The monoisotopic (exact) mass is 209 g/mol. The maximum absolute atomic E-state index is 6.12. The quantitative estimate of drug-likeness (QED) is 0.830. The highest BCUT2D eigenvalue weighted by atomic mass is 15.3. The van der Waals surface area contributed by atoms with Crippen LogP contribution in [0.4, 0.5) is 0 Å². The lowest BCUT2D eigenvalue weighted by molar-refractivity contribution is 0.316. The molecule has 0 saturated carbocycles. The van der Waals surface area contributed by atoms with Gasteiger partial charge in [-0.3, -0.25) is 4.68 Å². The second-order valence-corrected chi connectivity index (χ2v) is 5.56. The van der Waals surface area contributed by atoms with E-state index in [9.17, 15) is 0 Å². The largest absolute Gasteiger partial charge is 0.327 e. The van der Waals surface area contributed by atoms with Gasteiger partial charge in [0.2, 0.25) is 0 Å². The number of aromatic nitrogens is 2. The molecule has 2 N–H and O–H groups in total. The Kier molecular flexibility index (Phi) is 3.55. The predicted octanol–water partition coefficient (Wildman–Crippen LogP) is 2.38. The van der Waals surface area contributed by atoms with Gasteiger partial charge in [-0.2, -0.15) is 5.10 Å². The van der Waals surface area contributed by atoms with Crippen LogP contribution >= 0.6 is 0 Å². The fraction of sp³-hybridized carbons (Fsp3) is 0.750. The molecule has 1 heterocycles. The second-order valence-electron chi connectivity index (χ2n) is 5.56. The van der Waals surface area contributed by atoms with Crippen LogP contribution in [0.15, 0.2) is 12.3 Å². The lowest BCUT2D eigenvalue weighted by Crippen LogP contribution is -2.37. The van der Waals surface area contributed by atoms with Crippen LogP contribution in [0.1, 0.15) is 46.4 Å². The Morgan fingerprint density at radius 2 is 2.00 bits per heavy atom. The zero-order valence-electron chi connectivity index (χ0n) is 10.5. The first-order valence-corrected chi connectivity index (χ1v) is 5.60. The van der Waals surface area contributed by atoms with Crippen molar-refractivity contribution < 1.29 is 0 Å². The smallest absolute Gasteiger partial charge is 0.0640 e. The van der Waals surface area contributed by atoms with Crippen molar-refractivity contribution in [1.82, 2.24) is 9.78 Å². The van der Waals surface area contributed by atoms with Gasteiger partial charge in [0, 0.05) is 24.7 Å². The van der Waals surface area contributed by atoms with E-state index in [1.165, 1.54) is 0 Å². The molecule has 0 aromatic carbocycles. The molecule has 0 fully saturated rings. The average molecular weight is 209 g/mol. The van der Waals surface area contributed by atoms with Gasteiger partial charge in [-0.1, -0.05) is 20.8 Å². The first-order valence-electron chi connectivity index (χ1n) is 5.60. The zero-order valence-corrected chi connectivity index (χ0v) is 10.5. The van der Waals surface area contributed by atoms with Gasteiger partial charge in [0.1, 0.15) is 0 Å². The minimum atomic E-state index is 0.140. The van der Waals surface area contributed by atoms with Gasteiger partial charge in [0.05, 0.1) is 5.69 Å². The number of rotatable bonds is 3. The highest BCUT2D eigenvalue weighted by Crippen LogP contribution is 2.20. The van der Waals surface area contributed by atoms with E-state index in [1.807, 2.05) is 10.9 Å². The third kappa shape index (κ3) is 3.34. The summed E-state index contributed by atoms with van der Waals surface area (Å²) < 4.78 is 1.98. The van der Waals surface area contributed by atoms with Gasteiger partial charge in [0.15, 0.2) is 0 Å². The number of nitrogens with two attached hydrogens (primary N) is 1. The molecule has 1 aromatic heterocycles. The molecule has 86 valence electrons. The Labute approximate surface area is 92.7 Å². The molecule has 1 unspecified atom stereocenters. The second kappa shape index (κ2) is 4.35. The van der Waals surface area contributed by atoms with Crippen LogP contribution in [0.3, 0.4) is 0 Å². The van der Waals surface area contributed by atoms with E-state index in [1.54, 1.807) is 0 Å². The van der Waals surface area contributed by atoms with Crippen molar-refractivity contribution in [3.05, 3.63) is 18.0 Å². The first-order chi connectivity index (χ1) is 6.80. The van der Waals surface area contributed by atoms with Crippen LogP contribution in [0.2, 0.25) is 0 Å². The van der Waals surface area contributed by atoms with Gasteiger partial charge in [-0.15, -0.1) is 0 Å². The molecule has 0 aliphatic rings. The summed E-state index contributed by atoms with van der Waals surface area (Å²) in [6.45, 7) is 10.7. The summed E-state index contributed by atoms with van der Waals surface area (Å²) in [7, 11) is 0. The van der Waals surface area contributed by atoms with Crippen molar-refractivity contribution in [2.24, 2.45) is 11.1 Å². The van der Waals surface area contributed by atoms with Crippen molar-refractivity contribution >= 4 is 0 Å². The Morgan fingerprint density at radius 1 is 1.40 bits per heavy atom. The van der Waals surface area contributed by atoms with E-state index in [2.05, 4.69) is 45.8 Å². The molecular formula is C12H23N3. The van der Waals surface area contributed by atoms with E-state index >= 15 is 0 Å². The summed E-state index contributed by atoms with van der Waals surface area (Å²) in [4.78, 5) is 0. The van der Waals surface area contributed by atoms with Crippen LogP contribution in [0, 0.1) is 5.41 Å². The molecule has 3 heteroatoms. The van der Waals surface area contributed by atoms with Gasteiger partial charge in [0.25, 0.3) is 0 Å². The first kappa shape index (κ1) is 12.2. The summed E-state index contributed by atoms with van der Waals surface area (Å²) in [5.41, 5.74) is 7.35. The van der Waals surface area contributed by atoms with Gasteiger partial charge in [-0.25, -0.2) is 0 Å². The van der Waals surface area contributed by atoms with Gasteiger partial charge >= 0.3 is 0 Å². The maximum atomic E-state index is 6.12. The Balaban J connectivity index is 2.65. The summed E-state index contributed by atoms with van der Waals surface area (Å²) in [5, 5.41) is 4.50.